The molecule has 2 N–H and O–H groups in total. The quantitative estimate of drug-likeness (QED) is 0.650. The molecule has 28 heavy (non-hydrogen) atoms. The topological polar surface area (TPSA) is 70.7 Å². The number of rotatable bonds is 8. The van der Waals surface area contributed by atoms with Crippen molar-refractivity contribution in [3.63, 3.8) is 0 Å². The first-order chi connectivity index (χ1) is 13.2. The van der Waals surface area contributed by atoms with Crippen LogP contribution >= 0.6 is 15.9 Å². The molecule has 7 heteroatoms. The van der Waals surface area contributed by atoms with Crippen molar-refractivity contribution in [2.45, 2.75) is 26.5 Å². The fourth-order valence-electron chi connectivity index (χ4n) is 2.53. The van der Waals surface area contributed by atoms with Crippen LogP contribution in [0.15, 0.2) is 46.9 Å². The third-order valence-electron chi connectivity index (χ3n) is 3.90. The molecule has 0 heterocycles. The molecule has 0 aliphatic heterocycles. The van der Waals surface area contributed by atoms with Crippen LogP contribution in [-0.2, 0) is 16.1 Å². The maximum absolute atomic E-state index is 12.4. The number of carbonyl (C=O) groups excluding carboxylic acids is 2. The number of nitrogens with one attached hydrogen (secondary N) is 2. The molecule has 2 rings (SSSR count). The lowest BCUT2D eigenvalue weighted by molar-refractivity contribution is -0.127. The van der Waals surface area contributed by atoms with Crippen molar-refractivity contribution in [3.8, 4) is 5.75 Å². The Labute approximate surface area is 174 Å². The number of anilines is 1. The molecule has 0 aromatic heterocycles. The molecular weight excluding hydrogens is 422 g/mol. The summed E-state index contributed by atoms with van der Waals surface area (Å²) in [6.07, 6.45) is -0.637. The van der Waals surface area contributed by atoms with Gasteiger partial charge in [0, 0.05) is 12.2 Å². The Morgan fingerprint density at radius 3 is 2.61 bits per heavy atom. The second-order valence-corrected chi connectivity index (χ2v) is 7.75. The van der Waals surface area contributed by atoms with Gasteiger partial charge in [-0.1, -0.05) is 18.2 Å². The molecule has 0 saturated carbocycles. The van der Waals surface area contributed by atoms with Crippen LogP contribution in [0.25, 0.3) is 0 Å². The Morgan fingerprint density at radius 1 is 1.18 bits per heavy atom. The van der Waals surface area contributed by atoms with E-state index in [1.807, 2.05) is 63.5 Å². The Balaban J connectivity index is 1.89. The second kappa shape index (κ2) is 10.2. The van der Waals surface area contributed by atoms with Gasteiger partial charge in [-0.25, -0.2) is 0 Å². The molecule has 0 spiro atoms. The largest absolute Gasteiger partial charge is 0.480 e. The second-order valence-electron chi connectivity index (χ2n) is 6.90. The van der Waals surface area contributed by atoms with E-state index in [0.29, 0.717) is 24.5 Å². The number of ether oxygens (including phenoxy) is 1. The predicted octanol–water partition coefficient (Wildman–Crippen LogP) is 3.34. The average Bonchev–Trinajstić information content (AvgIpc) is 2.61. The highest BCUT2D eigenvalue weighted by Gasteiger charge is 2.16. The van der Waals surface area contributed by atoms with Crippen molar-refractivity contribution < 1.29 is 14.3 Å². The van der Waals surface area contributed by atoms with Gasteiger partial charge in [-0.15, -0.1) is 0 Å². The van der Waals surface area contributed by atoms with E-state index in [2.05, 4.69) is 26.6 Å². The zero-order chi connectivity index (χ0) is 20.7. The molecule has 0 bridgehead atoms. The number of nitrogens with zero attached hydrogens (tertiary/aromatic N) is 1. The molecule has 150 valence electrons. The highest BCUT2D eigenvalue weighted by molar-refractivity contribution is 9.10. The first-order valence-electron chi connectivity index (χ1n) is 8.98. The van der Waals surface area contributed by atoms with E-state index < -0.39 is 6.10 Å². The van der Waals surface area contributed by atoms with Crippen molar-refractivity contribution in [2.24, 2.45) is 0 Å². The highest BCUT2D eigenvalue weighted by Crippen LogP contribution is 2.26. The molecular formula is C21H26BrN3O3. The first kappa shape index (κ1) is 21.9. The van der Waals surface area contributed by atoms with Gasteiger partial charge in [0.1, 0.15) is 5.75 Å². The number of amides is 2. The van der Waals surface area contributed by atoms with Crippen LogP contribution in [-0.4, -0.2) is 43.5 Å². The van der Waals surface area contributed by atoms with E-state index >= 15 is 0 Å². The van der Waals surface area contributed by atoms with Gasteiger partial charge in [-0.05, 0) is 79.3 Å². The summed E-state index contributed by atoms with van der Waals surface area (Å²) in [6.45, 7) is 4.35. The summed E-state index contributed by atoms with van der Waals surface area (Å²) < 4.78 is 6.56. The molecule has 2 aromatic rings. The average molecular weight is 448 g/mol. The van der Waals surface area contributed by atoms with Crippen LogP contribution in [0.2, 0.25) is 0 Å². The first-order valence-corrected chi connectivity index (χ1v) is 9.78. The molecule has 0 aliphatic carbocycles. The van der Waals surface area contributed by atoms with Gasteiger partial charge in [0.2, 0.25) is 5.91 Å². The molecule has 0 radical (unpaired) electrons. The summed E-state index contributed by atoms with van der Waals surface area (Å²) in [5.41, 5.74) is 2.69. The SMILES string of the molecule is Cc1ccc(OC(C)C(=O)NCc2cccc(NC(=O)CN(C)C)c2)c(Br)c1. The van der Waals surface area contributed by atoms with Crippen LogP contribution in [0, 0.1) is 6.92 Å². The third-order valence-corrected chi connectivity index (χ3v) is 4.52. The Kier molecular flexibility index (Phi) is 8.02. The summed E-state index contributed by atoms with van der Waals surface area (Å²) in [7, 11) is 3.67. The monoisotopic (exact) mass is 447 g/mol. The third kappa shape index (κ3) is 6.98. The van der Waals surface area contributed by atoms with E-state index in [4.69, 9.17) is 4.74 Å². The standard InChI is InChI=1S/C21H26BrN3O3/c1-14-8-9-19(18(22)10-14)28-15(2)21(27)23-12-16-6-5-7-17(11-16)24-20(26)13-25(3)4/h5-11,15H,12-13H2,1-4H3,(H,23,27)(H,24,26). The zero-order valence-corrected chi connectivity index (χ0v) is 18.2. The van der Waals surface area contributed by atoms with Crippen LogP contribution in [0.1, 0.15) is 18.1 Å². The number of likely N-dealkylation sites (N-methyl/N-ethyl adjacent to an activating group) is 1. The van der Waals surface area contributed by atoms with E-state index in [0.717, 1.165) is 15.6 Å². The van der Waals surface area contributed by atoms with Crippen LogP contribution in [0.5, 0.6) is 5.75 Å². The fraction of sp³-hybridized carbons (Fsp3) is 0.333. The van der Waals surface area contributed by atoms with Gasteiger partial charge >= 0.3 is 0 Å². The lowest BCUT2D eigenvalue weighted by Crippen LogP contribution is -2.36. The summed E-state index contributed by atoms with van der Waals surface area (Å²) >= 11 is 3.45. The van der Waals surface area contributed by atoms with Crippen molar-refractivity contribution in [3.05, 3.63) is 58.1 Å². The van der Waals surface area contributed by atoms with E-state index in [9.17, 15) is 9.59 Å². The summed E-state index contributed by atoms with van der Waals surface area (Å²) in [6, 6.07) is 13.1. The number of hydrogen-bond donors (Lipinski definition) is 2. The number of halogens is 1. The minimum Gasteiger partial charge on any atom is -0.480 e. The van der Waals surface area contributed by atoms with E-state index in [1.165, 1.54) is 0 Å². The van der Waals surface area contributed by atoms with Crippen molar-refractivity contribution in [1.29, 1.82) is 0 Å². The summed E-state index contributed by atoms with van der Waals surface area (Å²) in [5, 5.41) is 5.71. The van der Waals surface area contributed by atoms with Gasteiger partial charge < -0.3 is 20.3 Å². The Hall–Kier alpha value is -2.38. The molecule has 6 nitrogen and oxygen atoms in total. The zero-order valence-electron chi connectivity index (χ0n) is 16.6. The Bertz CT molecular complexity index is 839. The van der Waals surface area contributed by atoms with E-state index in [1.54, 1.807) is 11.8 Å². The molecule has 0 aliphatic rings. The van der Waals surface area contributed by atoms with Gasteiger partial charge in [0.25, 0.3) is 5.91 Å². The van der Waals surface area contributed by atoms with Crippen molar-refractivity contribution in [2.75, 3.05) is 26.0 Å². The van der Waals surface area contributed by atoms with Crippen molar-refractivity contribution in [1.82, 2.24) is 10.2 Å². The lowest BCUT2D eigenvalue weighted by Gasteiger charge is -2.16. The molecule has 1 atom stereocenters. The lowest BCUT2D eigenvalue weighted by atomic mass is 10.2. The van der Waals surface area contributed by atoms with Crippen LogP contribution in [0.3, 0.4) is 0 Å². The molecule has 0 saturated heterocycles. The maximum Gasteiger partial charge on any atom is 0.261 e. The molecule has 1 unspecified atom stereocenters. The van der Waals surface area contributed by atoms with Crippen LogP contribution in [0.4, 0.5) is 5.69 Å². The van der Waals surface area contributed by atoms with Crippen LogP contribution < -0.4 is 15.4 Å². The number of benzene rings is 2. The number of hydrogen-bond acceptors (Lipinski definition) is 4. The number of aryl methyl sites for hydroxylation is 1. The van der Waals surface area contributed by atoms with Gasteiger partial charge in [-0.3, -0.25) is 9.59 Å². The van der Waals surface area contributed by atoms with Gasteiger partial charge in [0.15, 0.2) is 6.10 Å². The molecule has 2 amide bonds. The van der Waals surface area contributed by atoms with E-state index in [-0.39, 0.29) is 11.8 Å². The molecule has 2 aromatic carbocycles. The normalized spacial score (nSPS) is 11.8. The fourth-order valence-corrected chi connectivity index (χ4v) is 3.11. The maximum atomic E-state index is 12.4. The Morgan fingerprint density at radius 2 is 1.93 bits per heavy atom. The summed E-state index contributed by atoms with van der Waals surface area (Å²) in [5.74, 6) is 0.324. The predicted molar refractivity (Wildman–Crippen MR) is 114 cm³/mol. The minimum absolute atomic E-state index is 0.0862. The molecule has 0 fully saturated rings. The smallest absolute Gasteiger partial charge is 0.261 e. The highest BCUT2D eigenvalue weighted by atomic mass is 79.9. The summed E-state index contributed by atoms with van der Waals surface area (Å²) in [4.78, 5) is 26.0. The van der Waals surface area contributed by atoms with Gasteiger partial charge in [-0.2, -0.15) is 0 Å². The van der Waals surface area contributed by atoms with Gasteiger partial charge in [0.05, 0.1) is 11.0 Å². The number of carbonyl (C=O) groups is 2. The van der Waals surface area contributed by atoms with Crippen molar-refractivity contribution >= 4 is 33.4 Å². The minimum atomic E-state index is -0.637.